The van der Waals surface area contributed by atoms with Gasteiger partial charge in [0.1, 0.15) is 23.9 Å². The standard InChI is InChI=1S/C24H29N3O2/c1-2-16-29-23-18-20(11-12-21(23)22-9-6-10-24(25)27-22)28-17-15-26-14-13-19-7-4-3-5-8-19/h3-12,18,26H,2,13-17H2,1H3,(H2,25,27). The van der Waals surface area contributed by atoms with Gasteiger partial charge in [-0.2, -0.15) is 0 Å². The number of nitrogen functional groups attached to an aromatic ring is 1. The Morgan fingerprint density at radius 3 is 2.55 bits per heavy atom. The van der Waals surface area contributed by atoms with E-state index in [1.165, 1.54) is 5.56 Å². The first kappa shape index (κ1) is 20.7. The lowest BCUT2D eigenvalue weighted by atomic mass is 10.1. The summed E-state index contributed by atoms with van der Waals surface area (Å²) in [7, 11) is 0. The minimum Gasteiger partial charge on any atom is -0.493 e. The molecule has 0 atom stereocenters. The van der Waals surface area contributed by atoms with Crippen molar-refractivity contribution in [1.82, 2.24) is 10.3 Å². The van der Waals surface area contributed by atoms with Crippen LogP contribution in [0.5, 0.6) is 11.5 Å². The van der Waals surface area contributed by atoms with Crippen LogP contribution in [0.3, 0.4) is 0 Å². The molecule has 0 fully saturated rings. The summed E-state index contributed by atoms with van der Waals surface area (Å²) in [6, 6.07) is 21.9. The highest BCUT2D eigenvalue weighted by atomic mass is 16.5. The van der Waals surface area contributed by atoms with Crippen LogP contribution >= 0.6 is 0 Å². The van der Waals surface area contributed by atoms with Crippen LogP contribution in [0, 0.1) is 0 Å². The van der Waals surface area contributed by atoms with Gasteiger partial charge in [0, 0.05) is 18.2 Å². The van der Waals surface area contributed by atoms with Gasteiger partial charge in [-0.25, -0.2) is 4.98 Å². The maximum atomic E-state index is 5.94. The first-order chi connectivity index (χ1) is 14.3. The molecule has 3 rings (SSSR count). The summed E-state index contributed by atoms with van der Waals surface area (Å²) in [5.74, 6) is 2.04. The van der Waals surface area contributed by atoms with E-state index < -0.39 is 0 Å². The highest BCUT2D eigenvalue weighted by Crippen LogP contribution is 2.33. The summed E-state index contributed by atoms with van der Waals surface area (Å²) in [4.78, 5) is 4.41. The minimum atomic E-state index is 0.492. The van der Waals surface area contributed by atoms with Gasteiger partial charge >= 0.3 is 0 Å². The Morgan fingerprint density at radius 2 is 1.76 bits per heavy atom. The Kier molecular flexibility index (Phi) is 7.90. The Hall–Kier alpha value is -3.05. The van der Waals surface area contributed by atoms with Gasteiger partial charge in [-0.05, 0) is 49.2 Å². The van der Waals surface area contributed by atoms with Gasteiger partial charge in [0.25, 0.3) is 0 Å². The molecule has 0 amide bonds. The molecule has 0 aliphatic rings. The molecule has 0 unspecified atom stereocenters. The van der Waals surface area contributed by atoms with E-state index in [0.717, 1.165) is 48.7 Å². The summed E-state index contributed by atoms with van der Waals surface area (Å²) < 4.78 is 11.8. The molecule has 0 saturated carbocycles. The third kappa shape index (κ3) is 6.50. The first-order valence-corrected chi connectivity index (χ1v) is 10.1. The fourth-order valence-corrected chi connectivity index (χ4v) is 2.98. The molecule has 0 spiro atoms. The van der Waals surface area contributed by atoms with E-state index in [9.17, 15) is 0 Å². The van der Waals surface area contributed by atoms with Crippen LogP contribution < -0.4 is 20.5 Å². The lowest BCUT2D eigenvalue weighted by Gasteiger charge is -2.14. The van der Waals surface area contributed by atoms with Crippen LogP contribution in [0.4, 0.5) is 5.82 Å². The van der Waals surface area contributed by atoms with Crippen molar-refractivity contribution >= 4 is 5.82 Å². The quantitative estimate of drug-likeness (QED) is 0.476. The van der Waals surface area contributed by atoms with Crippen molar-refractivity contribution < 1.29 is 9.47 Å². The van der Waals surface area contributed by atoms with Crippen LogP contribution in [0.15, 0.2) is 66.7 Å². The number of hydrogen-bond donors (Lipinski definition) is 2. The van der Waals surface area contributed by atoms with Gasteiger partial charge in [-0.1, -0.05) is 43.3 Å². The highest BCUT2D eigenvalue weighted by Gasteiger charge is 2.10. The van der Waals surface area contributed by atoms with E-state index in [4.69, 9.17) is 15.2 Å². The van der Waals surface area contributed by atoms with E-state index in [1.807, 2.05) is 36.4 Å². The number of rotatable bonds is 11. The van der Waals surface area contributed by atoms with Crippen LogP contribution in [0.1, 0.15) is 18.9 Å². The van der Waals surface area contributed by atoms with Crippen LogP contribution in [-0.4, -0.2) is 31.3 Å². The second-order valence-corrected chi connectivity index (χ2v) is 6.79. The number of nitrogens with zero attached hydrogens (tertiary/aromatic N) is 1. The zero-order chi connectivity index (χ0) is 20.3. The van der Waals surface area contributed by atoms with Crippen LogP contribution in [0.2, 0.25) is 0 Å². The summed E-state index contributed by atoms with van der Waals surface area (Å²) in [6.07, 6.45) is 1.94. The van der Waals surface area contributed by atoms with Crippen molar-refractivity contribution in [3.8, 4) is 22.8 Å². The van der Waals surface area contributed by atoms with E-state index in [0.29, 0.717) is 19.0 Å². The molecule has 5 nitrogen and oxygen atoms in total. The molecule has 0 bridgehead atoms. The number of anilines is 1. The average molecular weight is 392 g/mol. The fraction of sp³-hybridized carbons (Fsp3) is 0.292. The smallest absolute Gasteiger partial charge is 0.132 e. The van der Waals surface area contributed by atoms with Gasteiger partial charge in [0.05, 0.1) is 12.3 Å². The number of hydrogen-bond acceptors (Lipinski definition) is 5. The van der Waals surface area contributed by atoms with Crippen molar-refractivity contribution in [2.45, 2.75) is 19.8 Å². The van der Waals surface area contributed by atoms with E-state index in [-0.39, 0.29) is 0 Å². The molecule has 29 heavy (non-hydrogen) atoms. The summed E-state index contributed by atoms with van der Waals surface area (Å²) in [5.41, 5.74) is 8.88. The molecule has 2 aromatic carbocycles. The van der Waals surface area contributed by atoms with Gasteiger partial charge in [0.15, 0.2) is 0 Å². The molecule has 3 N–H and O–H groups in total. The van der Waals surface area contributed by atoms with Crippen LogP contribution in [0.25, 0.3) is 11.3 Å². The molecule has 152 valence electrons. The molecule has 1 heterocycles. The molecule has 3 aromatic rings. The average Bonchev–Trinajstić information content (AvgIpc) is 2.75. The second kappa shape index (κ2) is 11.1. The molecular weight excluding hydrogens is 362 g/mol. The molecule has 0 aliphatic carbocycles. The van der Waals surface area contributed by atoms with Crippen molar-refractivity contribution in [2.24, 2.45) is 0 Å². The third-order valence-corrected chi connectivity index (χ3v) is 4.44. The Labute approximate surface area is 172 Å². The van der Waals surface area contributed by atoms with E-state index in [1.54, 1.807) is 6.07 Å². The topological polar surface area (TPSA) is 69.4 Å². The molecule has 5 heteroatoms. The fourth-order valence-electron chi connectivity index (χ4n) is 2.98. The maximum absolute atomic E-state index is 5.94. The highest BCUT2D eigenvalue weighted by molar-refractivity contribution is 5.69. The number of nitrogens with two attached hydrogens (primary N) is 1. The van der Waals surface area contributed by atoms with Crippen molar-refractivity contribution in [3.05, 3.63) is 72.3 Å². The summed E-state index contributed by atoms with van der Waals surface area (Å²) >= 11 is 0. The minimum absolute atomic E-state index is 0.492. The van der Waals surface area contributed by atoms with Crippen LogP contribution in [-0.2, 0) is 6.42 Å². The second-order valence-electron chi connectivity index (χ2n) is 6.79. The molecule has 0 aliphatic heterocycles. The van der Waals surface area contributed by atoms with Crippen molar-refractivity contribution in [1.29, 1.82) is 0 Å². The largest absolute Gasteiger partial charge is 0.493 e. The predicted octanol–water partition coefficient (Wildman–Crippen LogP) is 4.33. The number of ether oxygens (including phenoxy) is 2. The Morgan fingerprint density at radius 1 is 0.897 bits per heavy atom. The van der Waals surface area contributed by atoms with Crippen molar-refractivity contribution in [3.63, 3.8) is 0 Å². The van der Waals surface area contributed by atoms with E-state index >= 15 is 0 Å². The Balaban J connectivity index is 1.54. The van der Waals surface area contributed by atoms with Gasteiger partial charge < -0.3 is 20.5 Å². The number of benzene rings is 2. The Bertz CT molecular complexity index is 884. The number of nitrogens with one attached hydrogen (secondary N) is 1. The SMILES string of the molecule is CCCOc1cc(OCCNCCc2ccccc2)ccc1-c1cccc(N)n1. The number of pyridine rings is 1. The predicted molar refractivity (Wildman–Crippen MR) is 118 cm³/mol. The van der Waals surface area contributed by atoms with Gasteiger partial charge in [-0.3, -0.25) is 0 Å². The summed E-state index contributed by atoms with van der Waals surface area (Å²) in [6.45, 7) is 5.03. The molecular formula is C24H29N3O2. The third-order valence-electron chi connectivity index (χ3n) is 4.44. The first-order valence-electron chi connectivity index (χ1n) is 10.1. The lowest BCUT2D eigenvalue weighted by molar-refractivity contribution is 0.301. The maximum Gasteiger partial charge on any atom is 0.132 e. The zero-order valence-corrected chi connectivity index (χ0v) is 16.9. The molecule has 0 radical (unpaired) electrons. The number of aromatic nitrogens is 1. The molecule has 1 aromatic heterocycles. The normalized spacial score (nSPS) is 10.7. The molecule has 0 saturated heterocycles. The monoisotopic (exact) mass is 391 g/mol. The van der Waals surface area contributed by atoms with Gasteiger partial charge in [0.2, 0.25) is 0 Å². The lowest BCUT2D eigenvalue weighted by Crippen LogP contribution is -2.23. The zero-order valence-electron chi connectivity index (χ0n) is 16.9. The van der Waals surface area contributed by atoms with Gasteiger partial charge in [-0.15, -0.1) is 0 Å². The van der Waals surface area contributed by atoms with Crippen molar-refractivity contribution in [2.75, 3.05) is 32.0 Å². The van der Waals surface area contributed by atoms with E-state index in [2.05, 4.69) is 41.5 Å². The summed E-state index contributed by atoms with van der Waals surface area (Å²) in [5, 5.41) is 3.42.